The van der Waals surface area contributed by atoms with Gasteiger partial charge in [-0.1, -0.05) is 38.5 Å². The van der Waals surface area contributed by atoms with Gasteiger partial charge in [-0.2, -0.15) is 0 Å². The lowest BCUT2D eigenvalue weighted by atomic mass is 9.75. The Morgan fingerprint density at radius 2 is 1.88 bits per heavy atom. The number of amides is 2. The zero-order valence-electron chi connectivity index (χ0n) is 20.4. The maximum absolute atomic E-state index is 14.2. The molecule has 7 atom stereocenters. The molecule has 2 saturated heterocycles. The molecular weight excluding hydrogens is 440 g/mol. The van der Waals surface area contributed by atoms with Crippen molar-refractivity contribution in [1.82, 2.24) is 9.80 Å². The lowest BCUT2D eigenvalue weighted by molar-refractivity contribution is -0.154. The molecule has 0 saturated carbocycles. The Bertz CT molecular complexity index is 911. The number of fused-ring (bicyclic) bond motifs is 2. The van der Waals surface area contributed by atoms with Crippen molar-refractivity contribution in [3.05, 3.63) is 24.3 Å². The van der Waals surface area contributed by atoms with Gasteiger partial charge in [0.05, 0.1) is 29.2 Å². The van der Waals surface area contributed by atoms with Crippen LogP contribution in [0.5, 0.6) is 0 Å². The number of esters is 1. The minimum absolute atomic E-state index is 0.00434. The first kappa shape index (κ1) is 24.3. The molecule has 2 amide bonds. The second-order valence-electron chi connectivity index (χ2n) is 10.9. The first-order valence-electron chi connectivity index (χ1n) is 11.9. The first-order valence-corrected chi connectivity index (χ1v) is 12.7. The number of carbonyl (C=O) groups is 3. The number of carbonyl (C=O) groups excluding carboxylic acids is 3. The Kier molecular flexibility index (Phi) is 6.01. The quantitative estimate of drug-likeness (QED) is 0.495. The van der Waals surface area contributed by atoms with Crippen LogP contribution < -0.4 is 0 Å². The molecule has 1 N–H and O–H groups in total. The molecule has 33 heavy (non-hydrogen) atoms. The zero-order chi connectivity index (χ0) is 24.3. The average molecular weight is 477 g/mol. The van der Waals surface area contributed by atoms with Crippen LogP contribution in [0.15, 0.2) is 24.3 Å². The van der Waals surface area contributed by atoms with E-state index in [-0.39, 0.29) is 30.9 Å². The number of cyclic esters (lactones) is 1. The number of rotatable bonds is 4. The van der Waals surface area contributed by atoms with Gasteiger partial charge in [-0.15, -0.1) is 11.8 Å². The fourth-order valence-electron chi connectivity index (χ4n) is 6.07. The molecule has 1 unspecified atom stereocenters. The predicted octanol–water partition coefficient (Wildman–Crippen LogP) is 2.39. The lowest BCUT2D eigenvalue weighted by Gasteiger charge is -2.43. The monoisotopic (exact) mass is 476 g/mol. The Labute approximate surface area is 200 Å². The first-order chi connectivity index (χ1) is 15.4. The summed E-state index contributed by atoms with van der Waals surface area (Å²) in [4.78, 5) is 45.0. The molecule has 8 heteroatoms. The summed E-state index contributed by atoms with van der Waals surface area (Å²) >= 11 is 1.53. The van der Waals surface area contributed by atoms with Crippen LogP contribution in [-0.4, -0.2) is 79.6 Å². The summed E-state index contributed by atoms with van der Waals surface area (Å²) in [6.45, 7) is 12.3. The lowest BCUT2D eigenvalue weighted by Crippen LogP contribution is -2.60. The van der Waals surface area contributed by atoms with E-state index in [1.165, 1.54) is 11.8 Å². The van der Waals surface area contributed by atoms with E-state index in [0.717, 1.165) is 6.42 Å². The molecular formula is C25H36N2O5S. The smallest absolute Gasteiger partial charge is 0.311 e. The predicted molar refractivity (Wildman–Crippen MR) is 127 cm³/mol. The molecule has 4 aliphatic heterocycles. The molecule has 0 aromatic heterocycles. The van der Waals surface area contributed by atoms with Crippen molar-refractivity contribution in [1.29, 1.82) is 0 Å². The molecule has 0 aromatic carbocycles. The average Bonchev–Trinajstić information content (AvgIpc) is 2.98. The minimum Gasteiger partial charge on any atom is -0.461 e. The number of ether oxygens (including phenoxy) is 1. The van der Waals surface area contributed by atoms with Gasteiger partial charge in [0.15, 0.2) is 0 Å². The van der Waals surface area contributed by atoms with Gasteiger partial charge in [0.25, 0.3) is 0 Å². The second kappa shape index (κ2) is 8.15. The highest BCUT2D eigenvalue weighted by atomic mass is 32.2. The molecule has 0 bridgehead atoms. The van der Waals surface area contributed by atoms with Crippen LogP contribution in [0.1, 0.15) is 48.0 Å². The molecule has 7 nitrogen and oxygen atoms in total. The minimum atomic E-state index is -0.908. The summed E-state index contributed by atoms with van der Waals surface area (Å²) in [5.74, 6) is -2.19. The Morgan fingerprint density at radius 3 is 2.48 bits per heavy atom. The van der Waals surface area contributed by atoms with E-state index < -0.39 is 44.9 Å². The van der Waals surface area contributed by atoms with Crippen LogP contribution in [0.4, 0.5) is 0 Å². The van der Waals surface area contributed by atoms with E-state index in [1.54, 1.807) is 4.90 Å². The van der Waals surface area contributed by atoms with Gasteiger partial charge in [-0.3, -0.25) is 14.4 Å². The highest BCUT2D eigenvalue weighted by molar-refractivity contribution is 8.02. The van der Waals surface area contributed by atoms with Crippen molar-refractivity contribution >= 4 is 29.5 Å². The van der Waals surface area contributed by atoms with Gasteiger partial charge >= 0.3 is 5.97 Å². The third kappa shape index (κ3) is 3.47. The number of likely N-dealkylation sites (tertiary alicyclic amines) is 1. The van der Waals surface area contributed by atoms with Crippen molar-refractivity contribution < 1.29 is 24.2 Å². The number of aliphatic hydroxyl groups excluding tert-OH is 1. The van der Waals surface area contributed by atoms with Crippen molar-refractivity contribution in [3.63, 3.8) is 0 Å². The number of hydrogen-bond donors (Lipinski definition) is 1. The number of nitrogens with zero attached hydrogens (tertiary/aromatic N) is 2. The van der Waals surface area contributed by atoms with Crippen LogP contribution in [-0.2, 0) is 19.1 Å². The van der Waals surface area contributed by atoms with E-state index >= 15 is 0 Å². The van der Waals surface area contributed by atoms with E-state index in [1.807, 2.05) is 70.7 Å². The number of aliphatic hydroxyl groups is 1. The summed E-state index contributed by atoms with van der Waals surface area (Å²) in [7, 11) is 0. The van der Waals surface area contributed by atoms with Gasteiger partial charge in [-0.05, 0) is 39.7 Å². The Balaban J connectivity index is 1.93. The number of thioether (sulfide) groups is 1. The Hall–Kier alpha value is -1.80. The fourth-order valence-corrected chi connectivity index (χ4v) is 8.21. The molecule has 4 aliphatic rings. The highest BCUT2D eigenvalue weighted by Crippen LogP contribution is 2.66. The second-order valence-corrected chi connectivity index (χ2v) is 12.7. The van der Waals surface area contributed by atoms with Gasteiger partial charge in [0, 0.05) is 16.8 Å². The standard InChI is InChI=1S/C25H36N2O5S/c1-7-15(2)16(14-28)27-19-21(30)26(23(3,4)5)12-8-11-25(19)17(20(27)29)18-22(31)32-13-9-10-24(18,6)33-25/h8-11,15-19,28H,7,12-14H2,1-6H3/t15-,16-,17-,18-,19?,24+,25-/m0/s1. The summed E-state index contributed by atoms with van der Waals surface area (Å²) in [6, 6.07) is -1.30. The third-order valence-corrected chi connectivity index (χ3v) is 9.70. The molecule has 1 spiro atoms. The largest absolute Gasteiger partial charge is 0.461 e. The van der Waals surface area contributed by atoms with Gasteiger partial charge in [0.1, 0.15) is 12.6 Å². The van der Waals surface area contributed by atoms with E-state index in [0.29, 0.717) is 6.54 Å². The van der Waals surface area contributed by atoms with Crippen molar-refractivity contribution in [3.8, 4) is 0 Å². The summed E-state index contributed by atoms with van der Waals surface area (Å²) in [6.07, 6.45) is 8.53. The molecule has 4 rings (SSSR count). The molecule has 0 aliphatic carbocycles. The SMILES string of the molecule is CC[C@H](C)[C@H](CO)N1C(=O)[C@@H]2[C@H]3C(=O)OCC=C[C@@]3(C)S[C@@]23C=CCN(C(C)(C)C)C(=O)C13. The van der Waals surface area contributed by atoms with E-state index in [4.69, 9.17) is 4.74 Å². The van der Waals surface area contributed by atoms with Crippen molar-refractivity contribution in [2.45, 2.75) is 75.1 Å². The molecule has 2 fully saturated rings. The van der Waals surface area contributed by atoms with Crippen LogP contribution in [0.25, 0.3) is 0 Å². The van der Waals surface area contributed by atoms with Crippen molar-refractivity contribution in [2.24, 2.45) is 17.8 Å². The summed E-state index contributed by atoms with van der Waals surface area (Å²) in [5.41, 5.74) is -0.443. The maximum atomic E-state index is 14.2. The fraction of sp³-hybridized carbons (Fsp3) is 0.720. The van der Waals surface area contributed by atoms with E-state index in [9.17, 15) is 19.5 Å². The molecule has 182 valence electrons. The molecule has 4 heterocycles. The summed E-state index contributed by atoms with van der Waals surface area (Å²) in [5, 5.41) is 10.4. The van der Waals surface area contributed by atoms with Gasteiger partial charge in [-0.25, -0.2) is 0 Å². The van der Waals surface area contributed by atoms with Crippen molar-refractivity contribution in [2.75, 3.05) is 19.8 Å². The number of hydrogen-bond acceptors (Lipinski definition) is 6. The van der Waals surface area contributed by atoms with Crippen LogP contribution >= 0.6 is 11.8 Å². The van der Waals surface area contributed by atoms with Gasteiger partial charge < -0.3 is 19.6 Å². The zero-order valence-corrected chi connectivity index (χ0v) is 21.2. The van der Waals surface area contributed by atoms with E-state index in [2.05, 4.69) is 0 Å². The van der Waals surface area contributed by atoms with Crippen LogP contribution in [0.2, 0.25) is 0 Å². The van der Waals surface area contributed by atoms with Gasteiger partial charge in [0.2, 0.25) is 11.8 Å². The van der Waals surface area contributed by atoms with Crippen LogP contribution in [0, 0.1) is 17.8 Å². The molecule has 0 radical (unpaired) electrons. The highest BCUT2D eigenvalue weighted by Gasteiger charge is 2.75. The maximum Gasteiger partial charge on any atom is 0.311 e. The Morgan fingerprint density at radius 1 is 1.18 bits per heavy atom. The molecule has 0 aromatic rings. The third-order valence-electron chi connectivity index (χ3n) is 7.91. The summed E-state index contributed by atoms with van der Waals surface area (Å²) < 4.78 is 3.89. The topological polar surface area (TPSA) is 87.2 Å². The normalized spacial score (nSPS) is 37.8. The van der Waals surface area contributed by atoms with Crippen LogP contribution in [0.3, 0.4) is 0 Å².